The fraction of sp³-hybridized carbons (Fsp3) is 0.421. The van der Waals surface area contributed by atoms with Crippen molar-refractivity contribution in [3.63, 3.8) is 0 Å². The van der Waals surface area contributed by atoms with E-state index in [1.54, 1.807) is 38.1 Å². The minimum atomic E-state index is -1.01. The molecule has 0 spiro atoms. The molecule has 1 aliphatic carbocycles. The largest absolute Gasteiger partial charge is 0.478 e. The third kappa shape index (κ3) is 4.92. The lowest BCUT2D eigenvalue weighted by atomic mass is 9.95. The minimum absolute atomic E-state index is 0.119. The van der Waals surface area contributed by atoms with Crippen LogP contribution < -0.4 is 10.6 Å². The zero-order valence-corrected chi connectivity index (χ0v) is 14.5. The van der Waals surface area contributed by atoms with Gasteiger partial charge in [0.2, 0.25) is 11.8 Å². The molecular formula is C19H24N2O4. The highest BCUT2D eigenvalue weighted by Gasteiger charge is 2.42. The molecule has 0 unspecified atom stereocenters. The molecule has 0 saturated heterocycles. The van der Waals surface area contributed by atoms with Gasteiger partial charge in [-0.1, -0.05) is 38.8 Å². The fourth-order valence-electron chi connectivity index (χ4n) is 2.86. The summed E-state index contributed by atoms with van der Waals surface area (Å²) in [6.07, 6.45) is 5.63. The van der Waals surface area contributed by atoms with Gasteiger partial charge in [0.05, 0.1) is 0 Å². The van der Waals surface area contributed by atoms with Crippen LogP contribution in [0, 0.1) is 5.92 Å². The van der Waals surface area contributed by atoms with Crippen molar-refractivity contribution in [3.05, 3.63) is 35.9 Å². The molecule has 6 nitrogen and oxygen atoms in total. The third-order valence-corrected chi connectivity index (χ3v) is 4.37. The van der Waals surface area contributed by atoms with Gasteiger partial charge in [0.25, 0.3) is 0 Å². The van der Waals surface area contributed by atoms with E-state index in [1.165, 1.54) is 6.08 Å². The summed E-state index contributed by atoms with van der Waals surface area (Å²) in [5, 5.41) is 14.4. The van der Waals surface area contributed by atoms with Gasteiger partial charge in [0.1, 0.15) is 5.54 Å². The molecular weight excluding hydrogens is 320 g/mol. The molecule has 0 aliphatic heterocycles. The lowest BCUT2D eigenvalue weighted by molar-refractivity contribution is -0.132. The van der Waals surface area contributed by atoms with Crippen LogP contribution in [-0.4, -0.2) is 28.4 Å². The lowest BCUT2D eigenvalue weighted by Crippen LogP contribution is -2.55. The number of hydrogen-bond acceptors (Lipinski definition) is 3. The first kappa shape index (κ1) is 18.7. The number of carboxylic acid groups (broad SMARTS) is 1. The average molecular weight is 344 g/mol. The van der Waals surface area contributed by atoms with E-state index >= 15 is 0 Å². The van der Waals surface area contributed by atoms with Crippen molar-refractivity contribution in [1.82, 2.24) is 5.32 Å². The van der Waals surface area contributed by atoms with Crippen LogP contribution >= 0.6 is 0 Å². The summed E-state index contributed by atoms with van der Waals surface area (Å²) in [6.45, 7) is 3.61. The van der Waals surface area contributed by atoms with Gasteiger partial charge in [-0.05, 0) is 36.6 Å². The van der Waals surface area contributed by atoms with E-state index in [-0.39, 0.29) is 17.7 Å². The first-order valence-corrected chi connectivity index (χ1v) is 8.47. The predicted octanol–water partition coefficient (Wildman–Crippen LogP) is 2.81. The molecule has 1 aromatic carbocycles. The average Bonchev–Trinajstić information content (AvgIpc) is 3.03. The summed E-state index contributed by atoms with van der Waals surface area (Å²) in [7, 11) is 0. The van der Waals surface area contributed by atoms with Gasteiger partial charge >= 0.3 is 5.97 Å². The summed E-state index contributed by atoms with van der Waals surface area (Å²) in [5.41, 5.74) is 0.495. The normalized spacial score (nSPS) is 16.1. The van der Waals surface area contributed by atoms with Crippen molar-refractivity contribution in [2.75, 3.05) is 5.32 Å². The summed E-state index contributed by atoms with van der Waals surface area (Å²) in [6, 6.07) is 6.88. The number of anilines is 1. The molecule has 134 valence electrons. The second-order valence-electron chi connectivity index (χ2n) is 6.68. The smallest absolute Gasteiger partial charge is 0.328 e. The number of carboxylic acids is 1. The first-order valence-electron chi connectivity index (χ1n) is 8.47. The van der Waals surface area contributed by atoms with Crippen LogP contribution in [0.25, 0.3) is 6.08 Å². The molecule has 1 saturated carbocycles. The van der Waals surface area contributed by atoms with Crippen molar-refractivity contribution in [3.8, 4) is 0 Å². The number of aliphatic carboxylic acids is 1. The highest BCUT2D eigenvalue weighted by Crippen LogP contribution is 2.31. The van der Waals surface area contributed by atoms with E-state index in [2.05, 4.69) is 10.6 Å². The number of hydrogen-bond donors (Lipinski definition) is 3. The van der Waals surface area contributed by atoms with E-state index in [4.69, 9.17) is 5.11 Å². The number of amides is 2. The van der Waals surface area contributed by atoms with Crippen molar-refractivity contribution in [2.24, 2.45) is 5.92 Å². The SMILES string of the molecule is CC(C)C(=O)NC1(C(=O)Nc2ccc(/C=C/C(=O)O)cc2)CCCC1. The molecule has 2 amide bonds. The maximum atomic E-state index is 12.8. The maximum Gasteiger partial charge on any atom is 0.328 e. The summed E-state index contributed by atoms with van der Waals surface area (Å²) >= 11 is 0. The summed E-state index contributed by atoms with van der Waals surface area (Å²) in [5.74, 6) is -1.51. The van der Waals surface area contributed by atoms with Crippen LogP contribution in [0.5, 0.6) is 0 Å². The molecule has 1 aliphatic rings. The zero-order chi connectivity index (χ0) is 18.4. The van der Waals surface area contributed by atoms with Crippen LogP contribution in [-0.2, 0) is 14.4 Å². The van der Waals surface area contributed by atoms with E-state index in [0.29, 0.717) is 18.5 Å². The molecule has 6 heteroatoms. The Bertz CT molecular complexity index is 671. The molecule has 2 rings (SSSR count). The topological polar surface area (TPSA) is 95.5 Å². The Morgan fingerprint density at radius 3 is 2.24 bits per heavy atom. The van der Waals surface area contributed by atoms with Gasteiger partial charge in [-0.25, -0.2) is 4.79 Å². The minimum Gasteiger partial charge on any atom is -0.478 e. The molecule has 3 N–H and O–H groups in total. The number of nitrogens with one attached hydrogen (secondary N) is 2. The molecule has 0 aromatic heterocycles. The Hall–Kier alpha value is -2.63. The first-order chi connectivity index (χ1) is 11.8. The molecule has 0 radical (unpaired) electrons. The molecule has 1 fully saturated rings. The Labute approximate surface area is 147 Å². The van der Waals surface area contributed by atoms with Crippen molar-refractivity contribution in [1.29, 1.82) is 0 Å². The Balaban J connectivity index is 2.08. The van der Waals surface area contributed by atoms with Crippen LogP contribution in [0.4, 0.5) is 5.69 Å². The summed E-state index contributed by atoms with van der Waals surface area (Å²) < 4.78 is 0. The van der Waals surface area contributed by atoms with Crippen molar-refractivity contribution in [2.45, 2.75) is 45.1 Å². The third-order valence-electron chi connectivity index (χ3n) is 4.37. The highest BCUT2D eigenvalue weighted by molar-refractivity contribution is 6.01. The Morgan fingerprint density at radius 2 is 1.72 bits per heavy atom. The number of carbonyl (C=O) groups excluding carboxylic acids is 2. The molecule has 1 aromatic rings. The van der Waals surface area contributed by atoms with Gasteiger partial charge < -0.3 is 15.7 Å². The summed E-state index contributed by atoms with van der Waals surface area (Å²) in [4.78, 5) is 35.4. The second-order valence-corrected chi connectivity index (χ2v) is 6.68. The molecule has 25 heavy (non-hydrogen) atoms. The molecule has 0 atom stereocenters. The van der Waals surface area contributed by atoms with Crippen LogP contribution in [0.15, 0.2) is 30.3 Å². The van der Waals surface area contributed by atoms with Gasteiger partial charge in [-0.15, -0.1) is 0 Å². The zero-order valence-electron chi connectivity index (χ0n) is 14.5. The number of rotatable bonds is 6. The lowest BCUT2D eigenvalue weighted by Gasteiger charge is -2.30. The quantitative estimate of drug-likeness (QED) is 0.692. The van der Waals surface area contributed by atoms with Crippen LogP contribution in [0.2, 0.25) is 0 Å². The highest BCUT2D eigenvalue weighted by atomic mass is 16.4. The standard InChI is InChI=1S/C19H24N2O4/c1-13(2)17(24)21-19(11-3-4-12-19)18(25)20-15-8-5-14(6-9-15)7-10-16(22)23/h5-10,13H,3-4,11-12H2,1-2H3,(H,20,25)(H,21,24)(H,22,23)/b10-7+. The predicted molar refractivity (Wildman–Crippen MR) is 95.9 cm³/mol. The monoisotopic (exact) mass is 344 g/mol. The Kier molecular flexibility index (Phi) is 5.96. The van der Waals surface area contributed by atoms with Crippen molar-refractivity contribution < 1.29 is 19.5 Å². The number of benzene rings is 1. The Morgan fingerprint density at radius 1 is 1.12 bits per heavy atom. The van der Waals surface area contributed by atoms with Gasteiger partial charge in [0.15, 0.2) is 0 Å². The maximum absolute atomic E-state index is 12.8. The van der Waals surface area contributed by atoms with Gasteiger partial charge in [-0.2, -0.15) is 0 Å². The van der Waals surface area contributed by atoms with Crippen molar-refractivity contribution >= 4 is 29.5 Å². The van der Waals surface area contributed by atoms with Crippen LogP contribution in [0.3, 0.4) is 0 Å². The van der Waals surface area contributed by atoms with E-state index < -0.39 is 11.5 Å². The van der Waals surface area contributed by atoms with E-state index in [0.717, 1.165) is 24.5 Å². The molecule has 0 bridgehead atoms. The number of carbonyl (C=O) groups is 3. The fourth-order valence-corrected chi connectivity index (χ4v) is 2.86. The van der Waals surface area contributed by atoms with E-state index in [9.17, 15) is 14.4 Å². The second kappa shape index (κ2) is 7.96. The van der Waals surface area contributed by atoms with Gasteiger partial charge in [0, 0.05) is 17.7 Å². The van der Waals surface area contributed by atoms with E-state index in [1.807, 2.05) is 0 Å². The van der Waals surface area contributed by atoms with Gasteiger partial charge in [-0.3, -0.25) is 9.59 Å². The van der Waals surface area contributed by atoms with Crippen LogP contribution in [0.1, 0.15) is 45.1 Å². The molecule has 0 heterocycles.